The van der Waals surface area contributed by atoms with Crippen LogP contribution < -0.4 is 5.32 Å². The number of aromatic nitrogens is 2. The summed E-state index contributed by atoms with van der Waals surface area (Å²) in [4.78, 5) is 19.7. The fourth-order valence-corrected chi connectivity index (χ4v) is 5.25. The van der Waals surface area contributed by atoms with E-state index in [0.717, 1.165) is 16.8 Å². The van der Waals surface area contributed by atoms with E-state index in [1.165, 1.54) is 12.1 Å². The van der Waals surface area contributed by atoms with E-state index in [1.807, 2.05) is 45.9 Å². The van der Waals surface area contributed by atoms with Gasteiger partial charge in [0.15, 0.2) is 0 Å². The Morgan fingerprint density at radius 2 is 2.00 bits per heavy atom. The summed E-state index contributed by atoms with van der Waals surface area (Å²) in [6, 6.07) is 20.4. The smallest absolute Gasteiger partial charge is 0.240 e. The second kappa shape index (κ2) is 11.7. The van der Waals surface area contributed by atoms with Gasteiger partial charge in [-0.25, -0.2) is 9.37 Å². The molecule has 1 aliphatic rings. The average Bonchev–Trinajstić information content (AvgIpc) is 3.51. The lowest BCUT2D eigenvalue weighted by Crippen LogP contribution is -2.40. The Labute approximate surface area is 231 Å². The van der Waals surface area contributed by atoms with Crippen LogP contribution in [0.1, 0.15) is 40.4 Å². The van der Waals surface area contributed by atoms with Crippen molar-refractivity contribution >= 4 is 17.5 Å². The van der Waals surface area contributed by atoms with Gasteiger partial charge >= 0.3 is 0 Å². The summed E-state index contributed by atoms with van der Waals surface area (Å²) in [5, 5.41) is 23.1. The Bertz CT molecular complexity index is 1530. The maximum absolute atomic E-state index is 14.1. The van der Waals surface area contributed by atoms with Gasteiger partial charge in [-0.1, -0.05) is 41.9 Å². The molecule has 1 aromatic heterocycles. The number of aromatic hydroxyl groups is 1. The topological polar surface area (TPSA) is 94.2 Å². The number of nitrogens with one attached hydrogen (secondary N) is 1. The second-order valence-electron chi connectivity index (χ2n) is 9.64. The van der Waals surface area contributed by atoms with Crippen molar-refractivity contribution in [2.45, 2.75) is 38.0 Å². The summed E-state index contributed by atoms with van der Waals surface area (Å²) in [5.74, 6) is -0.406. The lowest BCUT2D eigenvalue weighted by atomic mass is 9.97. The monoisotopic (exact) mass is 543 g/mol. The molecule has 0 aliphatic carbocycles. The SMILES string of the molecule is N#Cc1ccc(Cn2cncc2CN[C@H]2CCN([C@H](Cc3cccc(Cl)c3)c3cccc(O)c3)C2=O)cc1F. The minimum absolute atomic E-state index is 0.00870. The molecule has 5 rings (SSSR count). The molecule has 2 N–H and O–H groups in total. The van der Waals surface area contributed by atoms with Gasteiger partial charge in [0.05, 0.1) is 29.7 Å². The highest BCUT2D eigenvalue weighted by atomic mass is 35.5. The third kappa shape index (κ3) is 6.11. The zero-order valence-electron chi connectivity index (χ0n) is 21.1. The van der Waals surface area contributed by atoms with Gasteiger partial charge in [-0.3, -0.25) is 4.79 Å². The predicted octanol–water partition coefficient (Wildman–Crippen LogP) is 4.98. The molecular weight excluding hydrogens is 517 g/mol. The van der Waals surface area contributed by atoms with Crippen LogP contribution in [0.3, 0.4) is 0 Å². The zero-order valence-corrected chi connectivity index (χ0v) is 21.9. The van der Waals surface area contributed by atoms with Crippen molar-refractivity contribution in [3.63, 3.8) is 0 Å². The zero-order chi connectivity index (χ0) is 27.4. The van der Waals surface area contributed by atoms with Crippen LogP contribution in [0, 0.1) is 17.1 Å². The molecule has 0 unspecified atom stereocenters. The number of nitrogens with zero attached hydrogens (tertiary/aromatic N) is 4. The molecule has 2 heterocycles. The number of nitriles is 1. The number of phenols is 1. The van der Waals surface area contributed by atoms with E-state index < -0.39 is 5.82 Å². The first-order valence-electron chi connectivity index (χ1n) is 12.7. The number of benzene rings is 3. The van der Waals surface area contributed by atoms with Gasteiger partial charge in [-0.2, -0.15) is 5.26 Å². The van der Waals surface area contributed by atoms with Gasteiger partial charge in [0.25, 0.3) is 0 Å². The Morgan fingerprint density at radius 1 is 1.15 bits per heavy atom. The molecular formula is C30H27ClFN5O2. The van der Waals surface area contributed by atoms with Crippen molar-refractivity contribution in [3.8, 4) is 11.8 Å². The summed E-state index contributed by atoms with van der Waals surface area (Å²) < 4.78 is 15.9. The lowest BCUT2D eigenvalue weighted by molar-refractivity contribution is -0.131. The summed E-state index contributed by atoms with van der Waals surface area (Å²) >= 11 is 6.22. The van der Waals surface area contributed by atoms with Crippen LogP contribution in [0.5, 0.6) is 5.75 Å². The summed E-state index contributed by atoms with van der Waals surface area (Å²) in [6.07, 6.45) is 4.59. The number of likely N-dealkylation sites (tertiary alicyclic amines) is 1. The number of carbonyl (C=O) groups excluding carboxylic acids is 1. The Kier molecular flexibility index (Phi) is 7.92. The van der Waals surface area contributed by atoms with E-state index in [4.69, 9.17) is 16.9 Å². The largest absolute Gasteiger partial charge is 0.508 e. The quantitative estimate of drug-likeness (QED) is 0.311. The molecule has 198 valence electrons. The molecule has 0 radical (unpaired) electrons. The van der Waals surface area contributed by atoms with Crippen LogP contribution in [-0.4, -0.2) is 38.1 Å². The van der Waals surface area contributed by atoms with Gasteiger partial charge in [-0.15, -0.1) is 0 Å². The number of halogens is 2. The normalized spacial score (nSPS) is 15.9. The number of imidazole rings is 1. The van der Waals surface area contributed by atoms with Gasteiger partial charge in [-0.05, 0) is 65.9 Å². The van der Waals surface area contributed by atoms with Gasteiger partial charge in [0, 0.05) is 30.9 Å². The first kappa shape index (κ1) is 26.4. The van der Waals surface area contributed by atoms with E-state index in [-0.39, 0.29) is 29.3 Å². The van der Waals surface area contributed by atoms with Crippen molar-refractivity contribution in [3.05, 3.63) is 118 Å². The van der Waals surface area contributed by atoms with Crippen molar-refractivity contribution in [1.82, 2.24) is 19.8 Å². The van der Waals surface area contributed by atoms with E-state index in [1.54, 1.807) is 36.8 Å². The third-order valence-electron chi connectivity index (χ3n) is 7.02. The number of rotatable bonds is 9. The molecule has 0 bridgehead atoms. The third-order valence-corrected chi connectivity index (χ3v) is 7.26. The van der Waals surface area contributed by atoms with Crippen LogP contribution in [-0.2, 0) is 24.3 Å². The Balaban J connectivity index is 1.28. The maximum Gasteiger partial charge on any atom is 0.240 e. The Morgan fingerprint density at radius 3 is 2.77 bits per heavy atom. The molecule has 1 aliphatic heterocycles. The predicted molar refractivity (Wildman–Crippen MR) is 145 cm³/mol. The fraction of sp³-hybridized carbons (Fsp3) is 0.233. The molecule has 39 heavy (non-hydrogen) atoms. The van der Waals surface area contributed by atoms with Crippen LogP contribution >= 0.6 is 11.6 Å². The highest BCUT2D eigenvalue weighted by molar-refractivity contribution is 6.30. The van der Waals surface area contributed by atoms with E-state index in [2.05, 4.69) is 10.3 Å². The number of hydrogen-bond acceptors (Lipinski definition) is 5. The standard InChI is InChI=1S/C30H27ClFN5O2/c31-24-5-1-3-20(11-24)13-29(22-4-2-6-26(38)14-22)37-10-9-28(30(37)39)35-17-25-16-34-19-36(25)18-21-7-8-23(15-33)27(32)12-21/h1-8,11-12,14,16,19,28-29,35,38H,9-10,13,17-18H2/t28-,29+/m0/s1. The number of hydrogen-bond donors (Lipinski definition) is 2. The molecule has 0 saturated carbocycles. The first-order chi connectivity index (χ1) is 18.9. The molecule has 3 aromatic carbocycles. The van der Waals surface area contributed by atoms with Gasteiger partial charge in [0.1, 0.15) is 17.6 Å². The molecule has 7 nitrogen and oxygen atoms in total. The lowest BCUT2D eigenvalue weighted by Gasteiger charge is -2.29. The van der Waals surface area contributed by atoms with Crippen molar-refractivity contribution in [1.29, 1.82) is 5.26 Å². The van der Waals surface area contributed by atoms with Crippen molar-refractivity contribution < 1.29 is 14.3 Å². The second-order valence-corrected chi connectivity index (χ2v) is 10.1. The molecule has 9 heteroatoms. The van der Waals surface area contributed by atoms with Crippen molar-refractivity contribution in [2.75, 3.05) is 6.54 Å². The number of carbonyl (C=O) groups is 1. The maximum atomic E-state index is 14.1. The fourth-order valence-electron chi connectivity index (χ4n) is 5.04. The van der Waals surface area contributed by atoms with E-state index in [0.29, 0.717) is 43.1 Å². The van der Waals surface area contributed by atoms with Crippen LogP contribution in [0.2, 0.25) is 5.02 Å². The number of amides is 1. The van der Waals surface area contributed by atoms with Gasteiger partial charge < -0.3 is 19.9 Å². The van der Waals surface area contributed by atoms with Crippen molar-refractivity contribution in [2.24, 2.45) is 0 Å². The summed E-state index contributed by atoms with van der Waals surface area (Å²) in [5.41, 5.74) is 3.44. The van der Waals surface area contributed by atoms with E-state index >= 15 is 0 Å². The summed E-state index contributed by atoms with van der Waals surface area (Å²) in [6.45, 7) is 1.37. The molecule has 1 amide bonds. The van der Waals surface area contributed by atoms with Crippen LogP contribution in [0.4, 0.5) is 4.39 Å². The molecule has 4 aromatic rings. The van der Waals surface area contributed by atoms with Crippen LogP contribution in [0.15, 0.2) is 79.3 Å². The van der Waals surface area contributed by atoms with E-state index in [9.17, 15) is 14.3 Å². The van der Waals surface area contributed by atoms with Crippen LogP contribution in [0.25, 0.3) is 0 Å². The minimum Gasteiger partial charge on any atom is -0.508 e. The minimum atomic E-state index is -0.550. The molecule has 2 atom stereocenters. The molecule has 1 fully saturated rings. The number of phenolic OH excluding ortho intramolecular Hbond substituents is 1. The van der Waals surface area contributed by atoms with Gasteiger partial charge in [0.2, 0.25) is 5.91 Å². The average molecular weight is 544 g/mol. The highest BCUT2D eigenvalue weighted by Gasteiger charge is 2.36. The Hall–Kier alpha value is -4.19. The summed E-state index contributed by atoms with van der Waals surface area (Å²) in [7, 11) is 0. The molecule has 1 saturated heterocycles. The molecule has 0 spiro atoms. The highest BCUT2D eigenvalue weighted by Crippen LogP contribution is 2.32. The first-order valence-corrected chi connectivity index (χ1v) is 13.0.